The van der Waals surface area contributed by atoms with Crippen molar-refractivity contribution in [2.45, 2.75) is 6.61 Å². The largest absolute Gasteiger partial charge is 0.478 e. The van der Waals surface area contributed by atoms with Crippen molar-refractivity contribution >= 4 is 18.3 Å². The molecule has 7 heteroatoms. The summed E-state index contributed by atoms with van der Waals surface area (Å²) < 4.78 is 41.8. The zero-order chi connectivity index (χ0) is 13.7. The highest BCUT2D eigenvalue weighted by Gasteiger charge is 2.15. The molecular formula is C11H7F3O4. The summed E-state index contributed by atoms with van der Waals surface area (Å²) >= 11 is 0. The summed E-state index contributed by atoms with van der Waals surface area (Å²) in [6.45, 7) is -3.19. The lowest BCUT2D eigenvalue weighted by Crippen LogP contribution is -2.05. The van der Waals surface area contributed by atoms with Crippen LogP contribution in [0, 0.1) is 5.82 Å². The number of benzene rings is 1. The van der Waals surface area contributed by atoms with Gasteiger partial charge >= 0.3 is 12.6 Å². The Kier molecular flexibility index (Phi) is 4.47. The van der Waals surface area contributed by atoms with Gasteiger partial charge in [0.25, 0.3) is 0 Å². The molecule has 0 amide bonds. The van der Waals surface area contributed by atoms with E-state index in [0.29, 0.717) is 6.08 Å². The SMILES string of the molecule is O=Cc1ccc(OC(F)F)c(/C=C/C(=O)O)c1F. The number of aldehydes is 1. The van der Waals surface area contributed by atoms with E-state index in [2.05, 4.69) is 4.74 Å². The Bertz CT molecular complexity index is 497. The zero-order valence-electron chi connectivity index (χ0n) is 8.77. The lowest BCUT2D eigenvalue weighted by atomic mass is 10.1. The van der Waals surface area contributed by atoms with Gasteiger partial charge < -0.3 is 9.84 Å². The Hall–Kier alpha value is -2.31. The second kappa shape index (κ2) is 5.85. The maximum absolute atomic E-state index is 13.6. The molecule has 1 aromatic carbocycles. The molecule has 18 heavy (non-hydrogen) atoms. The molecule has 0 bridgehead atoms. The summed E-state index contributed by atoms with van der Waals surface area (Å²) in [6.07, 6.45) is 1.47. The van der Waals surface area contributed by atoms with E-state index in [1.807, 2.05) is 0 Å². The van der Waals surface area contributed by atoms with Gasteiger partial charge in [0.1, 0.15) is 11.6 Å². The number of carboxylic acids is 1. The normalized spacial score (nSPS) is 10.9. The second-order valence-electron chi connectivity index (χ2n) is 3.05. The number of carboxylic acid groups (broad SMARTS) is 1. The average molecular weight is 260 g/mol. The topological polar surface area (TPSA) is 63.6 Å². The van der Waals surface area contributed by atoms with Crippen LogP contribution in [-0.2, 0) is 4.79 Å². The summed E-state index contributed by atoms with van der Waals surface area (Å²) in [5, 5.41) is 8.40. The van der Waals surface area contributed by atoms with Gasteiger partial charge in [0.2, 0.25) is 0 Å². The standard InChI is InChI=1S/C11H7F3O4/c12-10-6(5-15)1-3-8(18-11(13)14)7(10)2-4-9(16)17/h1-5,11H,(H,16,17)/b4-2+. The molecule has 0 saturated carbocycles. The molecule has 0 fully saturated rings. The number of carbonyl (C=O) groups is 2. The van der Waals surface area contributed by atoms with E-state index in [0.717, 1.165) is 18.2 Å². The Morgan fingerprint density at radius 2 is 2.06 bits per heavy atom. The lowest BCUT2D eigenvalue weighted by molar-refractivity contribution is -0.131. The van der Waals surface area contributed by atoms with Crippen LogP contribution in [0.3, 0.4) is 0 Å². The molecule has 0 atom stereocenters. The lowest BCUT2D eigenvalue weighted by Gasteiger charge is -2.09. The number of ether oxygens (including phenoxy) is 1. The van der Waals surface area contributed by atoms with Crippen molar-refractivity contribution in [3.63, 3.8) is 0 Å². The van der Waals surface area contributed by atoms with Crippen molar-refractivity contribution < 1.29 is 32.6 Å². The number of aliphatic carboxylic acids is 1. The molecule has 1 N–H and O–H groups in total. The Morgan fingerprint density at radius 3 is 2.56 bits per heavy atom. The van der Waals surface area contributed by atoms with Gasteiger partial charge in [-0.05, 0) is 18.2 Å². The van der Waals surface area contributed by atoms with Crippen molar-refractivity contribution in [2.24, 2.45) is 0 Å². The Morgan fingerprint density at radius 1 is 1.39 bits per heavy atom. The molecule has 1 aromatic rings. The molecule has 0 aliphatic heterocycles. The Balaban J connectivity index is 3.29. The minimum absolute atomic E-state index is 0.180. The fourth-order valence-corrected chi connectivity index (χ4v) is 1.19. The van der Waals surface area contributed by atoms with Crippen LogP contribution in [0.1, 0.15) is 15.9 Å². The van der Waals surface area contributed by atoms with E-state index in [4.69, 9.17) is 5.11 Å². The summed E-state index contributed by atoms with van der Waals surface area (Å²) in [7, 11) is 0. The van der Waals surface area contributed by atoms with E-state index in [1.54, 1.807) is 0 Å². The molecule has 0 radical (unpaired) electrons. The Labute approximate surface area is 99.3 Å². The van der Waals surface area contributed by atoms with Crippen LogP contribution in [-0.4, -0.2) is 24.0 Å². The number of carbonyl (C=O) groups excluding carboxylic acids is 1. The third-order valence-corrected chi connectivity index (χ3v) is 1.91. The highest BCUT2D eigenvalue weighted by Crippen LogP contribution is 2.26. The highest BCUT2D eigenvalue weighted by molar-refractivity contribution is 5.87. The first-order chi connectivity index (χ1) is 8.45. The monoisotopic (exact) mass is 260 g/mol. The highest BCUT2D eigenvalue weighted by atomic mass is 19.3. The molecule has 96 valence electrons. The van der Waals surface area contributed by atoms with E-state index < -0.39 is 29.7 Å². The molecule has 0 unspecified atom stereocenters. The van der Waals surface area contributed by atoms with Crippen LogP contribution in [0.4, 0.5) is 13.2 Å². The molecule has 0 aromatic heterocycles. The fourth-order valence-electron chi connectivity index (χ4n) is 1.19. The van der Waals surface area contributed by atoms with E-state index in [9.17, 15) is 22.8 Å². The number of rotatable bonds is 5. The van der Waals surface area contributed by atoms with Gasteiger partial charge in [0.05, 0.1) is 11.1 Å². The van der Waals surface area contributed by atoms with Gasteiger partial charge in [-0.2, -0.15) is 8.78 Å². The first kappa shape index (κ1) is 13.8. The van der Waals surface area contributed by atoms with Gasteiger partial charge in [-0.15, -0.1) is 0 Å². The second-order valence-corrected chi connectivity index (χ2v) is 3.05. The van der Waals surface area contributed by atoms with Crippen molar-refractivity contribution in [3.8, 4) is 5.75 Å². The van der Waals surface area contributed by atoms with Gasteiger partial charge in [0, 0.05) is 6.08 Å². The van der Waals surface area contributed by atoms with E-state index >= 15 is 0 Å². The third-order valence-electron chi connectivity index (χ3n) is 1.91. The number of alkyl halides is 2. The molecule has 1 rings (SSSR count). The first-order valence-corrected chi connectivity index (χ1v) is 4.59. The minimum Gasteiger partial charge on any atom is -0.478 e. The molecule has 0 aliphatic carbocycles. The fraction of sp³-hybridized carbons (Fsp3) is 0.0909. The average Bonchev–Trinajstić information content (AvgIpc) is 2.27. The van der Waals surface area contributed by atoms with Crippen molar-refractivity contribution in [1.82, 2.24) is 0 Å². The summed E-state index contributed by atoms with van der Waals surface area (Å²) in [5.74, 6) is -3.07. The van der Waals surface area contributed by atoms with Gasteiger partial charge in [-0.25, -0.2) is 9.18 Å². The van der Waals surface area contributed by atoms with Crippen LogP contribution in [0.15, 0.2) is 18.2 Å². The van der Waals surface area contributed by atoms with Gasteiger partial charge in [-0.1, -0.05) is 0 Å². The number of halogens is 3. The quantitative estimate of drug-likeness (QED) is 0.652. The summed E-state index contributed by atoms with van der Waals surface area (Å²) in [6, 6.07) is 1.92. The van der Waals surface area contributed by atoms with Crippen LogP contribution in [0.5, 0.6) is 5.75 Å². The van der Waals surface area contributed by atoms with Crippen LogP contribution < -0.4 is 4.74 Å². The van der Waals surface area contributed by atoms with E-state index in [1.165, 1.54) is 0 Å². The molecular weight excluding hydrogens is 253 g/mol. The van der Waals surface area contributed by atoms with Crippen molar-refractivity contribution in [3.05, 3.63) is 35.2 Å². The number of hydrogen-bond donors (Lipinski definition) is 1. The molecule has 0 heterocycles. The smallest absolute Gasteiger partial charge is 0.387 e. The predicted octanol–water partition coefficient (Wildman–Crippen LogP) is 2.34. The number of hydrogen-bond acceptors (Lipinski definition) is 3. The van der Waals surface area contributed by atoms with Crippen molar-refractivity contribution in [2.75, 3.05) is 0 Å². The summed E-state index contributed by atoms with van der Waals surface area (Å²) in [4.78, 5) is 20.8. The molecule has 0 aliphatic rings. The molecule has 0 saturated heterocycles. The first-order valence-electron chi connectivity index (χ1n) is 4.59. The molecule has 0 spiro atoms. The maximum atomic E-state index is 13.6. The molecule has 4 nitrogen and oxygen atoms in total. The predicted molar refractivity (Wildman–Crippen MR) is 55.1 cm³/mol. The maximum Gasteiger partial charge on any atom is 0.387 e. The van der Waals surface area contributed by atoms with Gasteiger partial charge in [-0.3, -0.25) is 4.79 Å². The van der Waals surface area contributed by atoms with Crippen LogP contribution in [0.2, 0.25) is 0 Å². The van der Waals surface area contributed by atoms with Crippen LogP contribution in [0.25, 0.3) is 6.08 Å². The zero-order valence-corrected chi connectivity index (χ0v) is 8.77. The summed E-state index contributed by atoms with van der Waals surface area (Å²) in [5.41, 5.74) is -0.913. The van der Waals surface area contributed by atoms with E-state index in [-0.39, 0.29) is 11.8 Å². The third kappa shape index (κ3) is 3.34. The van der Waals surface area contributed by atoms with Gasteiger partial charge in [0.15, 0.2) is 6.29 Å². The minimum atomic E-state index is -3.19. The van der Waals surface area contributed by atoms with Crippen LogP contribution >= 0.6 is 0 Å². The van der Waals surface area contributed by atoms with Crippen molar-refractivity contribution in [1.29, 1.82) is 0 Å².